The number of pyridine rings is 1. The molecule has 2 heterocycles. The topological polar surface area (TPSA) is 28.6 Å². The summed E-state index contributed by atoms with van der Waals surface area (Å²) < 4.78 is 6.28. The van der Waals surface area contributed by atoms with Crippen molar-refractivity contribution >= 4 is 25.6 Å². The van der Waals surface area contributed by atoms with Crippen molar-refractivity contribution in [1.82, 2.24) is 9.88 Å². The molecule has 0 atom stereocenters. The molecule has 0 bridgehead atoms. The Hall–Kier alpha value is -0.623. The standard InChI is InChI=1S/C17H30ClN3OSi/c1-17(2,3)23(4,5)22-13-12-20-8-10-21(11-9-20)15-6-7-16(18)19-14-15/h6-7,14H,8-13H2,1-5H3. The fourth-order valence-electron chi connectivity index (χ4n) is 2.43. The lowest BCUT2D eigenvalue weighted by atomic mass is 10.2. The van der Waals surface area contributed by atoms with Gasteiger partial charge in [0.2, 0.25) is 0 Å². The van der Waals surface area contributed by atoms with Gasteiger partial charge in [-0.1, -0.05) is 32.4 Å². The molecule has 130 valence electrons. The third-order valence-corrected chi connectivity index (χ3v) is 9.89. The summed E-state index contributed by atoms with van der Waals surface area (Å²) >= 11 is 5.85. The van der Waals surface area contributed by atoms with Crippen molar-refractivity contribution in [2.45, 2.75) is 38.9 Å². The van der Waals surface area contributed by atoms with Gasteiger partial charge < -0.3 is 9.33 Å². The third kappa shape index (κ3) is 5.18. The molecule has 0 saturated carbocycles. The maximum atomic E-state index is 6.28. The third-order valence-electron chi connectivity index (χ3n) is 5.13. The molecule has 0 aromatic carbocycles. The second-order valence-corrected chi connectivity index (χ2v) is 13.0. The largest absolute Gasteiger partial charge is 0.416 e. The van der Waals surface area contributed by atoms with Gasteiger partial charge in [-0.15, -0.1) is 0 Å². The van der Waals surface area contributed by atoms with Crippen molar-refractivity contribution in [2.24, 2.45) is 0 Å². The van der Waals surface area contributed by atoms with E-state index in [2.05, 4.69) is 48.6 Å². The van der Waals surface area contributed by atoms with Crippen LogP contribution >= 0.6 is 11.6 Å². The Morgan fingerprint density at radius 1 is 1.17 bits per heavy atom. The van der Waals surface area contributed by atoms with Crippen LogP contribution in [-0.4, -0.2) is 57.5 Å². The van der Waals surface area contributed by atoms with Gasteiger partial charge in [0.05, 0.1) is 11.9 Å². The molecular weight excluding hydrogens is 326 g/mol. The Morgan fingerprint density at radius 2 is 1.83 bits per heavy atom. The van der Waals surface area contributed by atoms with E-state index in [9.17, 15) is 0 Å². The van der Waals surface area contributed by atoms with E-state index < -0.39 is 8.32 Å². The SMILES string of the molecule is CC(C)(C)[Si](C)(C)OCCN1CCN(c2ccc(Cl)nc2)CC1. The van der Waals surface area contributed by atoms with E-state index in [0.717, 1.165) is 45.0 Å². The first-order valence-corrected chi connectivity index (χ1v) is 11.7. The van der Waals surface area contributed by atoms with Crippen molar-refractivity contribution in [1.29, 1.82) is 0 Å². The van der Waals surface area contributed by atoms with Gasteiger partial charge in [0.1, 0.15) is 5.15 Å². The zero-order valence-corrected chi connectivity index (χ0v) is 16.9. The van der Waals surface area contributed by atoms with Crippen LogP contribution in [0.2, 0.25) is 23.3 Å². The van der Waals surface area contributed by atoms with Gasteiger partial charge in [-0.05, 0) is 30.3 Å². The zero-order chi connectivity index (χ0) is 17.1. The van der Waals surface area contributed by atoms with E-state index in [1.165, 1.54) is 0 Å². The van der Waals surface area contributed by atoms with E-state index in [1.807, 2.05) is 18.3 Å². The number of piperazine rings is 1. The molecule has 1 saturated heterocycles. The fraction of sp³-hybridized carbons (Fsp3) is 0.706. The van der Waals surface area contributed by atoms with Crippen LogP contribution in [0.5, 0.6) is 0 Å². The Bertz CT molecular complexity index is 494. The predicted molar refractivity (Wildman–Crippen MR) is 101 cm³/mol. The molecule has 23 heavy (non-hydrogen) atoms. The highest BCUT2D eigenvalue weighted by Crippen LogP contribution is 2.36. The quantitative estimate of drug-likeness (QED) is 0.592. The maximum absolute atomic E-state index is 6.28. The molecule has 4 nitrogen and oxygen atoms in total. The maximum Gasteiger partial charge on any atom is 0.192 e. The average molecular weight is 356 g/mol. The first kappa shape index (κ1) is 18.7. The number of rotatable bonds is 5. The van der Waals surface area contributed by atoms with Crippen molar-refractivity contribution < 1.29 is 4.43 Å². The summed E-state index contributed by atoms with van der Waals surface area (Å²) in [5.74, 6) is 0. The first-order valence-electron chi connectivity index (χ1n) is 8.42. The van der Waals surface area contributed by atoms with Gasteiger partial charge >= 0.3 is 0 Å². The van der Waals surface area contributed by atoms with Crippen molar-refractivity contribution in [3.05, 3.63) is 23.5 Å². The van der Waals surface area contributed by atoms with Crippen LogP contribution in [0, 0.1) is 0 Å². The van der Waals surface area contributed by atoms with Crippen LogP contribution in [0.1, 0.15) is 20.8 Å². The first-order chi connectivity index (χ1) is 10.7. The van der Waals surface area contributed by atoms with Gasteiger partial charge in [0, 0.05) is 39.3 Å². The number of halogens is 1. The van der Waals surface area contributed by atoms with E-state index >= 15 is 0 Å². The molecule has 1 aliphatic rings. The van der Waals surface area contributed by atoms with Crippen LogP contribution in [0.3, 0.4) is 0 Å². The lowest BCUT2D eigenvalue weighted by molar-refractivity contribution is 0.191. The lowest BCUT2D eigenvalue weighted by Gasteiger charge is -2.38. The molecule has 1 fully saturated rings. The van der Waals surface area contributed by atoms with Crippen molar-refractivity contribution in [3.8, 4) is 0 Å². The molecule has 1 aromatic heterocycles. The minimum Gasteiger partial charge on any atom is -0.416 e. The molecule has 0 aliphatic carbocycles. The minimum atomic E-state index is -1.62. The Kier molecular flexibility index (Phi) is 6.11. The molecule has 0 radical (unpaired) electrons. The molecule has 0 spiro atoms. The molecule has 1 aromatic rings. The Morgan fingerprint density at radius 3 is 2.35 bits per heavy atom. The number of hydrogen-bond acceptors (Lipinski definition) is 4. The van der Waals surface area contributed by atoms with Gasteiger partial charge in [0.15, 0.2) is 8.32 Å². The molecule has 2 rings (SSSR count). The number of nitrogens with zero attached hydrogens (tertiary/aromatic N) is 3. The summed E-state index contributed by atoms with van der Waals surface area (Å²) in [7, 11) is -1.62. The molecular formula is C17H30ClN3OSi. The lowest BCUT2D eigenvalue weighted by Crippen LogP contribution is -2.48. The molecule has 0 unspecified atom stereocenters. The van der Waals surface area contributed by atoms with Crippen LogP contribution in [-0.2, 0) is 4.43 Å². The summed E-state index contributed by atoms with van der Waals surface area (Å²) in [5.41, 5.74) is 1.16. The Balaban J connectivity index is 1.74. The number of hydrogen-bond donors (Lipinski definition) is 0. The summed E-state index contributed by atoms with van der Waals surface area (Å²) in [6.07, 6.45) is 1.86. The summed E-state index contributed by atoms with van der Waals surface area (Å²) in [6, 6.07) is 3.90. The second-order valence-electron chi connectivity index (χ2n) is 7.78. The summed E-state index contributed by atoms with van der Waals surface area (Å²) in [6.45, 7) is 17.6. The van der Waals surface area contributed by atoms with Gasteiger partial charge in [-0.25, -0.2) is 4.98 Å². The van der Waals surface area contributed by atoms with Gasteiger partial charge in [-0.2, -0.15) is 0 Å². The van der Waals surface area contributed by atoms with Crippen LogP contribution in [0.25, 0.3) is 0 Å². The number of aromatic nitrogens is 1. The van der Waals surface area contributed by atoms with E-state index in [1.54, 1.807) is 0 Å². The fourth-order valence-corrected chi connectivity index (χ4v) is 3.58. The van der Waals surface area contributed by atoms with E-state index in [4.69, 9.17) is 16.0 Å². The summed E-state index contributed by atoms with van der Waals surface area (Å²) in [4.78, 5) is 9.03. The number of anilines is 1. The monoisotopic (exact) mass is 355 g/mol. The van der Waals surface area contributed by atoms with Crippen LogP contribution in [0.15, 0.2) is 18.3 Å². The second kappa shape index (κ2) is 7.51. The molecule has 1 aliphatic heterocycles. The van der Waals surface area contributed by atoms with E-state index in [0.29, 0.717) is 5.15 Å². The van der Waals surface area contributed by atoms with E-state index in [-0.39, 0.29) is 5.04 Å². The zero-order valence-electron chi connectivity index (χ0n) is 15.1. The smallest absolute Gasteiger partial charge is 0.192 e. The van der Waals surface area contributed by atoms with Gasteiger partial charge in [-0.3, -0.25) is 4.90 Å². The van der Waals surface area contributed by atoms with Crippen molar-refractivity contribution in [3.63, 3.8) is 0 Å². The highest BCUT2D eigenvalue weighted by Gasteiger charge is 2.37. The van der Waals surface area contributed by atoms with Crippen LogP contribution < -0.4 is 4.90 Å². The Labute approximate surface area is 146 Å². The average Bonchev–Trinajstić information content (AvgIpc) is 2.47. The molecule has 0 N–H and O–H groups in total. The summed E-state index contributed by atoms with van der Waals surface area (Å²) in [5, 5.41) is 0.836. The van der Waals surface area contributed by atoms with Gasteiger partial charge in [0.25, 0.3) is 0 Å². The van der Waals surface area contributed by atoms with Crippen molar-refractivity contribution in [2.75, 3.05) is 44.2 Å². The normalized spacial score (nSPS) is 17.6. The predicted octanol–water partition coefficient (Wildman–Crippen LogP) is 3.88. The highest BCUT2D eigenvalue weighted by molar-refractivity contribution is 6.74. The highest BCUT2D eigenvalue weighted by atomic mass is 35.5. The minimum absolute atomic E-state index is 0.285. The molecule has 6 heteroatoms. The molecule has 0 amide bonds. The van der Waals surface area contributed by atoms with Crippen LogP contribution in [0.4, 0.5) is 5.69 Å².